The molecule has 0 atom stereocenters. The van der Waals surface area contributed by atoms with Gasteiger partial charge in [-0.15, -0.1) is 0 Å². The molecule has 2 aromatic rings. The lowest BCUT2D eigenvalue weighted by Gasteiger charge is -2.19. The van der Waals surface area contributed by atoms with Crippen LogP contribution in [0.1, 0.15) is 25.7 Å². The van der Waals surface area contributed by atoms with Gasteiger partial charge in [0.15, 0.2) is 0 Å². The number of H-pyrrole nitrogens is 1. The Morgan fingerprint density at radius 2 is 1.81 bits per heavy atom. The van der Waals surface area contributed by atoms with Crippen molar-refractivity contribution in [2.75, 3.05) is 18.4 Å². The number of rotatable bonds is 1. The van der Waals surface area contributed by atoms with E-state index in [9.17, 15) is 4.79 Å². The van der Waals surface area contributed by atoms with Gasteiger partial charge in [-0.25, -0.2) is 9.78 Å². The van der Waals surface area contributed by atoms with Gasteiger partial charge in [0.25, 0.3) is 0 Å². The van der Waals surface area contributed by atoms with E-state index < -0.39 is 0 Å². The molecule has 2 N–H and O–H groups in total. The van der Waals surface area contributed by atoms with Crippen molar-refractivity contribution in [3.63, 3.8) is 0 Å². The third-order valence-corrected chi connectivity index (χ3v) is 4.36. The number of hydrogen-bond acceptors (Lipinski definition) is 2. The SMILES string of the molecule is O=C(Nc1nc2cc(Cl)c(Cl)cc2[nH]1)N1CCCCCC1. The number of carbonyl (C=O) groups is 1. The zero-order valence-corrected chi connectivity index (χ0v) is 13.0. The second kappa shape index (κ2) is 6.12. The average Bonchev–Trinajstić information content (AvgIpc) is 2.66. The summed E-state index contributed by atoms with van der Waals surface area (Å²) in [7, 11) is 0. The van der Waals surface area contributed by atoms with Crippen molar-refractivity contribution in [3.05, 3.63) is 22.2 Å². The van der Waals surface area contributed by atoms with Gasteiger partial charge in [-0.2, -0.15) is 0 Å². The van der Waals surface area contributed by atoms with Gasteiger partial charge >= 0.3 is 6.03 Å². The molecule has 21 heavy (non-hydrogen) atoms. The van der Waals surface area contributed by atoms with Crippen LogP contribution in [0.3, 0.4) is 0 Å². The van der Waals surface area contributed by atoms with Crippen LogP contribution in [-0.4, -0.2) is 34.0 Å². The molecule has 0 spiro atoms. The fraction of sp³-hybridized carbons (Fsp3) is 0.429. The molecule has 2 heterocycles. The molecule has 1 aliphatic rings. The molecule has 1 saturated heterocycles. The Morgan fingerprint density at radius 1 is 1.14 bits per heavy atom. The largest absolute Gasteiger partial charge is 0.324 e. The van der Waals surface area contributed by atoms with Crippen molar-refractivity contribution in [3.8, 4) is 0 Å². The minimum Gasteiger partial charge on any atom is -0.324 e. The molecular formula is C14H16Cl2N4O. The molecule has 0 aliphatic carbocycles. The Hall–Kier alpha value is -1.46. The molecule has 112 valence electrons. The van der Waals surface area contributed by atoms with E-state index >= 15 is 0 Å². The van der Waals surface area contributed by atoms with Crippen LogP contribution in [0.15, 0.2) is 12.1 Å². The summed E-state index contributed by atoms with van der Waals surface area (Å²) in [6.07, 6.45) is 4.48. The van der Waals surface area contributed by atoms with Gasteiger partial charge in [0.2, 0.25) is 5.95 Å². The number of fused-ring (bicyclic) bond motifs is 1. The number of anilines is 1. The molecule has 0 saturated carbocycles. The van der Waals surface area contributed by atoms with Crippen molar-refractivity contribution in [1.29, 1.82) is 0 Å². The minimum atomic E-state index is -0.117. The molecular weight excluding hydrogens is 311 g/mol. The second-order valence-electron chi connectivity index (χ2n) is 5.20. The van der Waals surface area contributed by atoms with Crippen LogP contribution < -0.4 is 5.32 Å². The van der Waals surface area contributed by atoms with E-state index in [-0.39, 0.29) is 6.03 Å². The number of halogens is 2. The first kappa shape index (κ1) is 14.5. The maximum absolute atomic E-state index is 12.2. The lowest BCUT2D eigenvalue weighted by atomic mass is 10.2. The van der Waals surface area contributed by atoms with Crippen molar-refractivity contribution in [2.24, 2.45) is 0 Å². The Bertz CT molecular complexity index is 623. The van der Waals surface area contributed by atoms with Crippen molar-refractivity contribution in [1.82, 2.24) is 14.9 Å². The summed E-state index contributed by atoms with van der Waals surface area (Å²) in [5.74, 6) is 0.414. The van der Waals surface area contributed by atoms with Crippen molar-refractivity contribution >= 4 is 46.2 Å². The number of carbonyl (C=O) groups excluding carboxylic acids is 1. The number of nitrogens with one attached hydrogen (secondary N) is 2. The van der Waals surface area contributed by atoms with E-state index in [1.807, 2.05) is 4.90 Å². The maximum Gasteiger partial charge on any atom is 0.324 e. The van der Waals surface area contributed by atoms with Crippen LogP contribution in [0.25, 0.3) is 11.0 Å². The third-order valence-electron chi connectivity index (χ3n) is 3.64. The topological polar surface area (TPSA) is 61.0 Å². The van der Waals surface area contributed by atoms with Crippen LogP contribution in [0.5, 0.6) is 0 Å². The smallest absolute Gasteiger partial charge is 0.324 e. The highest BCUT2D eigenvalue weighted by atomic mass is 35.5. The number of likely N-dealkylation sites (tertiary alicyclic amines) is 1. The van der Waals surface area contributed by atoms with E-state index in [0.717, 1.165) is 31.4 Å². The second-order valence-corrected chi connectivity index (χ2v) is 6.01. The highest BCUT2D eigenvalue weighted by molar-refractivity contribution is 6.42. The first-order valence-corrected chi connectivity index (χ1v) is 7.80. The number of hydrogen-bond donors (Lipinski definition) is 2. The monoisotopic (exact) mass is 326 g/mol. The highest BCUT2D eigenvalue weighted by Gasteiger charge is 2.17. The first-order valence-electron chi connectivity index (χ1n) is 7.04. The number of nitrogens with zero attached hydrogens (tertiary/aromatic N) is 2. The van der Waals surface area contributed by atoms with Crippen molar-refractivity contribution in [2.45, 2.75) is 25.7 Å². The summed E-state index contributed by atoms with van der Waals surface area (Å²) in [5.41, 5.74) is 1.42. The van der Waals surface area contributed by atoms with E-state index in [2.05, 4.69) is 15.3 Å². The number of imidazole rings is 1. The predicted octanol–water partition coefficient (Wildman–Crippen LogP) is 4.28. The van der Waals surface area contributed by atoms with Gasteiger partial charge in [-0.1, -0.05) is 36.0 Å². The molecule has 0 unspecified atom stereocenters. The fourth-order valence-electron chi connectivity index (χ4n) is 2.52. The van der Waals surface area contributed by atoms with Crippen LogP contribution in [0, 0.1) is 0 Å². The fourth-order valence-corrected chi connectivity index (χ4v) is 2.84. The van der Waals surface area contributed by atoms with Crippen LogP contribution in [0.2, 0.25) is 10.0 Å². The molecule has 2 amide bonds. The summed E-state index contributed by atoms with van der Waals surface area (Å²) in [4.78, 5) is 21.4. The summed E-state index contributed by atoms with van der Waals surface area (Å²) in [6, 6.07) is 3.26. The normalized spacial score (nSPS) is 16.0. The van der Waals surface area contributed by atoms with E-state index in [4.69, 9.17) is 23.2 Å². The lowest BCUT2D eigenvalue weighted by Crippen LogP contribution is -2.35. The van der Waals surface area contributed by atoms with Crippen molar-refractivity contribution < 1.29 is 4.79 Å². The minimum absolute atomic E-state index is 0.117. The Kier molecular flexibility index (Phi) is 4.22. The molecule has 0 radical (unpaired) electrons. The number of aromatic amines is 1. The molecule has 3 rings (SSSR count). The molecule has 7 heteroatoms. The number of urea groups is 1. The molecule has 1 aromatic heterocycles. The van der Waals surface area contributed by atoms with Gasteiger partial charge < -0.3 is 9.88 Å². The van der Waals surface area contributed by atoms with Gasteiger partial charge in [0, 0.05) is 13.1 Å². The number of aromatic nitrogens is 2. The summed E-state index contributed by atoms with van der Waals surface area (Å²) < 4.78 is 0. The zero-order valence-electron chi connectivity index (χ0n) is 11.5. The maximum atomic E-state index is 12.2. The standard InChI is InChI=1S/C14H16Cl2N4O/c15-9-7-11-12(8-10(9)16)18-13(17-11)19-14(21)20-5-3-1-2-4-6-20/h7-8H,1-6H2,(H2,17,18,19,21). The molecule has 1 aliphatic heterocycles. The first-order chi connectivity index (χ1) is 10.1. The zero-order chi connectivity index (χ0) is 14.8. The van der Waals surface area contributed by atoms with E-state index in [1.54, 1.807) is 12.1 Å². The number of benzene rings is 1. The van der Waals surface area contributed by atoms with Gasteiger partial charge in [0.05, 0.1) is 21.1 Å². The van der Waals surface area contributed by atoms with Crippen LogP contribution in [-0.2, 0) is 0 Å². The van der Waals surface area contributed by atoms with Gasteiger partial charge in [-0.3, -0.25) is 5.32 Å². The van der Waals surface area contributed by atoms with Gasteiger partial charge in [0.1, 0.15) is 0 Å². The van der Waals surface area contributed by atoms with Crippen LogP contribution >= 0.6 is 23.2 Å². The predicted molar refractivity (Wildman–Crippen MR) is 85.2 cm³/mol. The Labute approximate surface area is 132 Å². The Balaban J connectivity index is 1.76. The highest BCUT2D eigenvalue weighted by Crippen LogP contribution is 2.27. The molecule has 1 aromatic carbocycles. The summed E-state index contributed by atoms with van der Waals surface area (Å²) >= 11 is 11.9. The van der Waals surface area contributed by atoms with Gasteiger partial charge in [-0.05, 0) is 25.0 Å². The lowest BCUT2D eigenvalue weighted by molar-refractivity contribution is 0.213. The van der Waals surface area contributed by atoms with E-state index in [0.29, 0.717) is 21.5 Å². The Morgan fingerprint density at radius 3 is 2.52 bits per heavy atom. The van der Waals surface area contributed by atoms with E-state index in [1.165, 1.54) is 12.8 Å². The molecule has 5 nitrogen and oxygen atoms in total. The quantitative estimate of drug-likeness (QED) is 0.821. The summed E-state index contributed by atoms with van der Waals surface area (Å²) in [6.45, 7) is 1.59. The summed E-state index contributed by atoms with van der Waals surface area (Å²) in [5, 5.41) is 3.70. The number of amides is 2. The third kappa shape index (κ3) is 3.24. The molecule has 0 bridgehead atoms. The average molecular weight is 327 g/mol. The molecule has 1 fully saturated rings. The van der Waals surface area contributed by atoms with Crippen LogP contribution in [0.4, 0.5) is 10.7 Å².